The molecule has 0 bridgehead atoms. The molecule has 0 saturated carbocycles. The zero-order valence-corrected chi connectivity index (χ0v) is 12.1. The van der Waals surface area contributed by atoms with Crippen LogP contribution in [0.3, 0.4) is 0 Å². The molecule has 1 aromatic heterocycles. The van der Waals surface area contributed by atoms with Crippen molar-refractivity contribution in [3.63, 3.8) is 0 Å². The number of carboxylic acids is 1. The Morgan fingerprint density at radius 1 is 1.45 bits per heavy atom. The molecule has 1 aliphatic heterocycles. The van der Waals surface area contributed by atoms with E-state index in [1.165, 1.54) is 0 Å². The predicted octanol–water partition coefficient (Wildman–Crippen LogP) is 1.21. The lowest BCUT2D eigenvalue weighted by molar-refractivity contribution is -0.0599. The number of carboxylic acid groups (broad SMARTS) is 1. The highest BCUT2D eigenvalue weighted by Gasteiger charge is 2.32. The number of rotatable bonds is 4. The molecular formula is C12H17NO6S. The summed E-state index contributed by atoms with van der Waals surface area (Å²) in [5.74, 6) is -1.71. The van der Waals surface area contributed by atoms with Crippen LogP contribution in [0, 0.1) is 0 Å². The van der Waals surface area contributed by atoms with Gasteiger partial charge in [-0.1, -0.05) is 0 Å². The maximum absolute atomic E-state index is 12.1. The van der Waals surface area contributed by atoms with Gasteiger partial charge in [0.15, 0.2) is 0 Å². The Kier molecular flexibility index (Phi) is 3.90. The van der Waals surface area contributed by atoms with E-state index in [1.807, 2.05) is 13.8 Å². The fourth-order valence-corrected chi connectivity index (χ4v) is 3.39. The highest BCUT2D eigenvalue weighted by Crippen LogP contribution is 2.25. The molecule has 0 radical (unpaired) electrons. The lowest BCUT2D eigenvalue weighted by atomic mass is 9.95. The Hall–Kier alpha value is -1.38. The highest BCUT2D eigenvalue weighted by molar-refractivity contribution is 7.89. The van der Waals surface area contributed by atoms with E-state index in [-0.39, 0.29) is 16.7 Å². The van der Waals surface area contributed by atoms with Crippen LogP contribution in [0.4, 0.5) is 0 Å². The van der Waals surface area contributed by atoms with Crippen molar-refractivity contribution >= 4 is 16.0 Å². The summed E-state index contributed by atoms with van der Waals surface area (Å²) in [6.07, 6.45) is 1.11. The number of carbonyl (C=O) groups is 1. The van der Waals surface area contributed by atoms with Gasteiger partial charge >= 0.3 is 5.97 Å². The minimum atomic E-state index is -3.86. The van der Waals surface area contributed by atoms with Crippen molar-refractivity contribution in [1.82, 2.24) is 4.72 Å². The molecule has 1 saturated heterocycles. The van der Waals surface area contributed by atoms with Gasteiger partial charge in [0.2, 0.25) is 10.9 Å². The molecule has 1 fully saturated rings. The zero-order chi connectivity index (χ0) is 15.0. The van der Waals surface area contributed by atoms with E-state index in [0.29, 0.717) is 19.4 Å². The van der Waals surface area contributed by atoms with Gasteiger partial charge in [-0.3, -0.25) is 0 Å². The lowest BCUT2D eigenvalue weighted by Crippen LogP contribution is -2.45. The van der Waals surface area contributed by atoms with Crippen molar-refractivity contribution in [3.8, 4) is 0 Å². The second-order valence-electron chi connectivity index (χ2n) is 5.34. The van der Waals surface area contributed by atoms with Gasteiger partial charge in [-0.15, -0.1) is 0 Å². The number of hydrogen-bond acceptors (Lipinski definition) is 5. The summed E-state index contributed by atoms with van der Waals surface area (Å²) in [7, 11) is -3.86. The van der Waals surface area contributed by atoms with Crippen LogP contribution >= 0.6 is 0 Å². The molecule has 8 heteroatoms. The van der Waals surface area contributed by atoms with Crippen molar-refractivity contribution < 1.29 is 27.5 Å². The topological polar surface area (TPSA) is 106 Å². The van der Waals surface area contributed by atoms with Crippen LogP contribution in [0.5, 0.6) is 0 Å². The average Bonchev–Trinajstić information content (AvgIpc) is 2.76. The summed E-state index contributed by atoms with van der Waals surface area (Å²) < 4.78 is 37.1. The van der Waals surface area contributed by atoms with Crippen molar-refractivity contribution in [3.05, 3.63) is 17.9 Å². The Balaban J connectivity index is 2.12. The number of furan rings is 1. The van der Waals surface area contributed by atoms with Crippen LogP contribution in [-0.4, -0.2) is 37.7 Å². The molecule has 2 N–H and O–H groups in total. The number of sulfonamides is 1. The molecule has 20 heavy (non-hydrogen) atoms. The molecule has 1 atom stereocenters. The van der Waals surface area contributed by atoms with E-state index in [9.17, 15) is 13.2 Å². The standard InChI is InChI=1S/C12H17NO6S/c1-12(2)7-8(5-6-18-12)13-20(16,17)10-4-3-9(19-10)11(14)15/h3-4,8,13H,5-7H2,1-2H3,(H,14,15). The number of nitrogens with one attached hydrogen (secondary N) is 1. The Morgan fingerprint density at radius 3 is 2.70 bits per heavy atom. The molecule has 0 amide bonds. The second kappa shape index (κ2) is 5.19. The van der Waals surface area contributed by atoms with E-state index < -0.39 is 21.8 Å². The van der Waals surface area contributed by atoms with Gasteiger partial charge in [-0.25, -0.2) is 17.9 Å². The molecule has 112 valence electrons. The van der Waals surface area contributed by atoms with Crippen molar-refractivity contribution in [1.29, 1.82) is 0 Å². The van der Waals surface area contributed by atoms with Gasteiger partial charge in [0.1, 0.15) is 0 Å². The minimum absolute atomic E-state index is 0.262. The number of ether oxygens (including phenoxy) is 1. The fraction of sp³-hybridized carbons (Fsp3) is 0.583. The molecule has 2 heterocycles. The van der Waals surface area contributed by atoms with E-state index in [4.69, 9.17) is 14.3 Å². The monoisotopic (exact) mass is 303 g/mol. The van der Waals surface area contributed by atoms with Crippen molar-refractivity contribution in [2.75, 3.05) is 6.61 Å². The quantitative estimate of drug-likeness (QED) is 0.866. The summed E-state index contributed by atoms with van der Waals surface area (Å²) in [5, 5.41) is 8.34. The largest absolute Gasteiger partial charge is 0.475 e. The van der Waals surface area contributed by atoms with E-state index in [2.05, 4.69) is 4.72 Å². The van der Waals surface area contributed by atoms with Crippen LogP contribution in [0.1, 0.15) is 37.2 Å². The molecule has 0 aromatic carbocycles. The van der Waals surface area contributed by atoms with E-state index in [0.717, 1.165) is 12.1 Å². The van der Waals surface area contributed by atoms with Crippen LogP contribution in [0.25, 0.3) is 0 Å². The molecule has 1 aliphatic rings. The summed E-state index contributed by atoms with van der Waals surface area (Å²) in [6, 6.07) is 1.99. The fourth-order valence-electron chi connectivity index (χ4n) is 2.19. The third-order valence-electron chi connectivity index (χ3n) is 3.08. The highest BCUT2D eigenvalue weighted by atomic mass is 32.2. The van der Waals surface area contributed by atoms with Gasteiger partial charge in [0, 0.05) is 12.6 Å². The van der Waals surface area contributed by atoms with Crippen molar-refractivity contribution in [2.45, 2.75) is 43.4 Å². The summed E-state index contributed by atoms with van der Waals surface area (Å²) in [4.78, 5) is 10.7. The van der Waals surface area contributed by atoms with Crippen LogP contribution in [-0.2, 0) is 14.8 Å². The first-order chi connectivity index (χ1) is 9.20. The van der Waals surface area contributed by atoms with Crippen LogP contribution in [0.15, 0.2) is 21.6 Å². The van der Waals surface area contributed by atoms with E-state index >= 15 is 0 Å². The van der Waals surface area contributed by atoms with Gasteiger partial charge in [-0.2, -0.15) is 0 Å². The first-order valence-corrected chi connectivity index (χ1v) is 7.67. The molecular weight excluding hydrogens is 286 g/mol. The maximum Gasteiger partial charge on any atom is 0.371 e. The van der Waals surface area contributed by atoms with Crippen LogP contribution < -0.4 is 4.72 Å². The number of aromatic carboxylic acids is 1. The van der Waals surface area contributed by atoms with Crippen LogP contribution in [0.2, 0.25) is 0 Å². The first-order valence-electron chi connectivity index (χ1n) is 6.19. The normalized spacial score (nSPS) is 22.6. The lowest BCUT2D eigenvalue weighted by Gasteiger charge is -2.35. The average molecular weight is 303 g/mol. The first kappa shape index (κ1) is 15.0. The van der Waals surface area contributed by atoms with E-state index in [1.54, 1.807) is 0 Å². The molecule has 1 aromatic rings. The van der Waals surface area contributed by atoms with Crippen molar-refractivity contribution in [2.24, 2.45) is 0 Å². The Labute approximate surface area is 117 Å². The smallest absolute Gasteiger partial charge is 0.371 e. The Bertz CT molecular complexity index is 603. The maximum atomic E-state index is 12.1. The summed E-state index contributed by atoms with van der Waals surface area (Å²) >= 11 is 0. The molecule has 0 spiro atoms. The second-order valence-corrected chi connectivity index (χ2v) is 6.99. The summed E-state index contributed by atoms with van der Waals surface area (Å²) in [5.41, 5.74) is -0.388. The Morgan fingerprint density at radius 2 is 2.15 bits per heavy atom. The predicted molar refractivity (Wildman–Crippen MR) is 69.0 cm³/mol. The summed E-state index contributed by atoms with van der Waals surface area (Å²) in [6.45, 7) is 4.25. The van der Waals surface area contributed by atoms with Gasteiger partial charge < -0.3 is 14.3 Å². The number of hydrogen-bond donors (Lipinski definition) is 2. The van der Waals surface area contributed by atoms with Gasteiger partial charge in [0.25, 0.3) is 10.0 Å². The third-order valence-corrected chi connectivity index (χ3v) is 4.47. The molecule has 7 nitrogen and oxygen atoms in total. The zero-order valence-electron chi connectivity index (χ0n) is 11.3. The van der Waals surface area contributed by atoms with Gasteiger partial charge in [-0.05, 0) is 38.8 Å². The minimum Gasteiger partial charge on any atom is -0.475 e. The molecule has 1 unspecified atom stereocenters. The van der Waals surface area contributed by atoms with Gasteiger partial charge in [0.05, 0.1) is 5.60 Å². The third kappa shape index (κ3) is 3.38. The SMILES string of the molecule is CC1(C)CC(NS(=O)(=O)c2ccc(C(=O)O)o2)CCO1. The molecule has 0 aliphatic carbocycles. The molecule has 2 rings (SSSR count).